The molecule has 1 aromatic carbocycles. The first kappa shape index (κ1) is 16.6. The molecule has 0 aromatic heterocycles. The number of thioether (sulfide) groups is 1. The molecule has 3 unspecified atom stereocenters. The minimum Gasteiger partial charge on any atom is -0.326 e. The van der Waals surface area contributed by atoms with Gasteiger partial charge in [0.1, 0.15) is 0 Å². The highest BCUT2D eigenvalue weighted by molar-refractivity contribution is 8.14. The number of carbonyl (C=O) groups excluding carboxylic acids is 3. The van der Waals surface area contributed by atoms with Crippen molar-refractivity contribution >= 4 is 34.5 Å². The molecule has 3 amide bonds. The molecular formula is C19H22N2O3S. The SMILES string of the molecule is O=C(CC1CC2CCC1C2)Nc1ccc(CN2C(=O)CSC2=O)cc1. The Balaban J connectivity index is 1.30. The lowest BCUT2D eigenvalue weighted by atomic mass is 9.86. The van der Waals surface area contributed by atoms with Gasteiger partial charge < -0.3 is 5.32 Å². The Hall–Kier alpha value is -1.82. The topological polar surface area (TPSA) is 66.5 Å². The van der Waals surface area contributed by atoms with Gasteiger partial charge in [-0.2, -0.15) is 0 Å². The molecule has 132 valence electrons. The normalized spacial score (nSPS) is 28.0. The number of hydrogen-bond acceptors (Lipinski definition) is 4. The number of nitrogens with zero attached hydrogens (tertiary/aromatic N) is 1. The fraction of sp³-hybridized carbons (Fsp3) is 0.526. The summed E-state index contributed by atoms with van der Waals surface area (Å²) in [5.74, 6) is 2.35. The van der Waals surface area contributed by atoms with Crippen molar-refractivity contribution in [2.75, 3.05) is 11.1 Å². The van der Waals surface area contributed by atoms with Gasteiger partial charge in [-0.05, 0) is 54.7 Å². The zero-order chi connectivity index (χ0) is 17.4. The monoisotopic (exact) mass is 358 g/mol. The van der Waals surface area contributed by atoms with Crippen LogP contribution in [0.25, 0.3) is 0 Å². The van der Waals surface area contributed by atoms with E-state index in [-0.39, 0.29) is 22.8 Å². The highest BCUT2D eigenvalue weighted by atomic mass is 32.2. The van der Waals surface area contributed by atoms with Crippen LogP contribution in [-0.2, 0) is 16.1 Å². The molecule has 4 rings (SSSR count). The molecule has 5 nitrogen and oxygen atoms in total. The summed E-state index contributed by atoms with van der Waals surface area (Å²) in [5.41, 5.74) is 1.65. The molecule has 3 atom stereocenters. The number of fused-ring (bicyclic) bond motifs is 2. The summed E-state index contributed by atoms with van der Waals surface area (Å²) in [7, 11) is 0. The van der Waals surface area contributed by atoms with Crippen molar-refractivity contribution in [3.8, 4) is 0 Å². The maximum Gasteiger partial charge on any atom is 0.289 e. The van der Waals surface area contributed by atoms with Gasteiger partial charge in [-0.15, -0.1) is 0 Å². The maximum atomic E-state index is 12.3. The lowest BCUT2D eigenvalue weighted by Crippen LogP contribution is -2.27. The average molecular weight is 358 g/mol. The van der Waals surface area contributed by atoms with Crippen LogP contribution in [0.2, 0.25) is 0 Å². The lowest BCUT2D eigenvalue weighted by molar-refractivity contribution is -0.125. The Morgan fingerprint density at radius 2 is 1.96 bits per heavy atom. The molecule has 2 aliphatic carbocycles. The summed E-state index contributed by atoms with van der Waals surface area (Å²) in [6, 6.07) is 7.39. The number of anilines is 1. The average Bonchev–Trinajstić information content (AvgIpc) is 3.28. The summed E-state index contributed by atoms with van der Waals surface area (Å²) in [4.78, 5) is 36.8. The Kier molecular flexibility index (Phi) is 4.54. The van der Waals surface area contributed by atoms with Crippen LogP contribution in [0, 0.1) is 17.8 Å². The van der Waals surface area contributed by atoms with Crippen molar-refractivity contribution in [3.05, 3.63) is 29.8 Å². The number of carbonyl (C=O) groups is 3. The molecule has 1 saturated heterocycles. The van der Waals surface area contributed by atoms with Crippen LogP contribution in [-0.4, -0.2) is 27.7 Å². The molecule has 25 heavy (non-hydrogen) atoms. The number of imide groups is 1. The predicted octanol–water partition coefficient (Wildman–Crippen LogP) is 3.65. The minimum absolute atomic E-state index is 0.0894. The molecule has 6 heteroatoms. The third-order valence-corrected chi connectivity index (χ3v) is 6.61. The van der Waals surface area contributed by atoms with Gasteiger partial charge in [0.2, 0.25) is 11.8 Å². The summed E-state index contributed by atoms with van der Waals surface area (Å²) >= 11 is 1.04. The Labute approximate surface area is 151 Å². The van der Waals surface area contributed by atoms with Crippen LogP contribution in [0.15, 0.2) is 24.3 Å². The van der Waals surface area contributed by atoms with Gasteiger partial charge >= 0.3 is 0 Å². The van der Waals surface area contributed by atoms with E-state index in [0.717, 1.165) is 34.8 Å². The van der Waals surface area contributed by atoms with Gasteiger partial charge in [-0.1, -0.05) is 30.3 Å². The van der Waals surface area contributed by atoms with E-state index >= 15 is 0 Å². The van der Waals surface area contributed by atoms with Crippen LogP contribution in [0.4, 0.5) is 10.5 Å². The molecule has 1 aromatic rings. The van der Waals surface area contributed by atoms with Crippen molar-refractivity contribution in [3.63, 3.8) is 0 Å². The predicted molar refractivity (Wildman–Crippen MR) is 97.0 cm³/mol. The summed E-state index contributed by atoms with van der Waals surface area (Å²) in [6.45, 7) is 0.296. The number of rotatable bonds is 5. The maximum absolute atomic E-state index is 12.3. The summed E-state index contributed by atoms with van der Waals surface area (Å²) in [5, 5.41) is 2.79. The first-order valence-corrected chi connectivity index (χ1v) is 9.93. The van der Waals surface area contributed by atoms with Gasteiger partial charge in [0.05, 0.1) is 12.3 Å². The molecule has 1 heterocycles. The van der Waals surface area contributed by atoms with E-state index in [1.54, 1.807) is 0 Å². The van der Waals surface area contributed by atoms with Gasteiger partial charge in [0, 0.05) is 12.1 Å². The second-order valence-corrected chi connectivity index (χ2v) is 8.35. The molecular weight excluding hydrogens is 336 g/mol. The Morgan fingerprint density at radius 1 is 1.16 bits per heavy atom. The van der Waals surface area contributed by atoms with E-state index in [0.29, 0.717) is 18.9 Å². The number of benzene rings is 1. The third-order valence-electron chi connectivity index (χ3n) is 5.75. The van der Waals surface area contributed by atoms with E-state index in [2.05, 4.69) is 5.32 Å². The quantitative estimate of drug-likeness (QED) is 0.872. The van der Waals surface area contributed by atoms with Crippen LogP contribution < -0.4 is 5.32 Å². The number of hydrogen-bond donors (Lipinski definition) is 1. The van der Waals surface area contributed by atoms with Crippen molar-refractivity contribution < 1.29 is 14.4 Å². The molecule has 0 spiro atoms. The van der Waals surface area contributed by atoms with Crippen molar-refractivity contribution in [2.24, 2.45) is 17.8 Å². The van der Waals surface area contributed by atoms with Crippen LogP contribution in [0.3, 0.4) is 0 Å². The van der Waals surface area contributed by atoms with E-state index < -0.39 is 0 Å². The second kappa shape index (κ2) is 6.83. The van der Waals surface area contributed by atoms with Crippen molar-refractivity contribution in [1.29, 1.82) is 0 Å². The molecule has 0 radical (unpaired) electrons. The van der Waals surface area contributed by atoms with Gasteiger partial charge in [-0.3, -0.25) is 19.3 Å². The van der Waals surface area contributed by atoms with Gasteiger partial charge in [0.15, 0.2) is 0 Å². The van der Waals surface area contributed by atoms with Crippen LogP contribution in [0.5, 0.6) is 0 Å². The second-order valence-electron chi connectivity index (χ2n) is 7.42. The zero-order valence-electron chi connectivity index (χ0n) is 14.1. The molecule has 2 bridgehead atoms. The highest BCUT2D eigenvalue weighted by Gasteiger charge is 2.40. The Bertz CT molecular complexity index is 687. The molecule has 2 saturated carbocycles. The number of amides is 3. The summed E-state index contributed by atoms with van der Waals surface area (Å²) in [6.07, 6.45) is 5.80. The zero-order valence-corrected chi connectivity index (χ0v) is 14.9. The molecule has 3 aliphatic rings. The van der Waals surface area contributed by atoms with E-state index in [4.69, 9.17) is 0 Å². The number of nitrogens with one attached hydrogen (secondary N) is 1. The van der Waals surface area contributed by atoms with Gasteiger partial charge in [0.25, 0.3) is 5.24 Å². The largest absolute Gasteiger partial charge is 0.326 e. The molecule has 1 aliphatic heterocycles. The Morgan fingerprint density at radius 3 is 2.56 bits per heavy atom. The van der Waals surface area contributed by atoms with E-state index in [9.17, 15) is 14.4 Å². The first-order chi connectivity index (χ1) is 12.1. The molecule has 3 fully saturated rings. The van der Waals surface area contributed by atoms with Crippen LogP contribution >= 0.6 is 11.8 Å². The van der Waals surface area contributed by atoms with E-state index in [1.807, 2.05) is 24.3 Å². The molecule has 1 N–H and O–H groups in total. The minimum atomic E-state index is -0.187. The van der Waals surface area contributed by atoms with Gasteiger partial charge in [-0.25, -0.2) is 0 Å². The highest BCUT2D eigenvalue weighted by Crippen LogP contribution is 2.49. The van der Waals surface area contributed by atoms with E-state index in [1.165, 1.54) is 30.6 Å². The lowest BCUT2D eigenvalue weighted by Gasteiger charge is -2.21. The van der Waals surface area contributed by atoms with Crippen molar-refractivity contribution in [2.45, 2.75) is 38.6 Å². The fourth-order valence-electron chi connectivity index (χ4n) is 4.49. The van der Waals surface area contributed by atoms with Crippen LogP contribution in [0.1, 0.15) is 37.7 Å². The fourth-order valence-corrected chi connectivity index (χ4v) is 5.21. The van der Waals surface area contributed by atoms with Crippen molar-refractivity contribution in [1.82, 2.24) is 4.90 Å². The smallest absolute Gasteiger partial charge is 0.289 e. The third kappa shape index (κ3) is 3.59. The summed E-state index contributed by atoms with van der Waals surface area (Å²) < 4.78 is 0. The first-order valence-electron chi connectivity index (χ1n) is 8.94. The standard InChI is InChI=1S/C19H22N2O3S/c22-17(9-15-8-13-1-4-14(15)7-13)20-16-5-2-12(3-6-16)10-21-18(23)11-25-19(21)24/h2-3,5-6,13-15H,1,4,7-11H2,(H,20,22).